The van der Waals surface area contributed by atoms with Crippen LogP contribution in [0.5, 0.6) is 0 Å². The van der Waals surface area contributed by atoms with E-state index in [9.17, 15) is 4.79 Å². The molecule has 0 aliphatic carbocycles. The van der Waals surface area contributed by atoms with Crippen LogP contribution in [0.25, 0.3) is 6.08 Å². The number of likely N-dealkylation sites (N-methyl/N-ethyl adjacent to an activating group) is 1. The van der Waals surface area contributed by atoms with E-state index in [-0.39, 0.29) is 5.91 Å². The summed E-state index contributed by atoms with van der Waals surface area (Å²) in [5, 5.41) is 2.87. The van der Waals surface area contributed by atoms with Crippen molar-refractivity contribution in [2.24, 2.45) is 5.73 Å². The van der Waals surface area contributed by atoms with Gasteiger partial charge in [-0.3, -0.25) is 9.78 Å². The van der Waals surface area contributed by atoms with Crippen LogP contribution in [0.3, 0.4) is 0 Å². The summed E-state index contributed by atoms with van der Waals surface area (Å²) in [5.41, 5.74) is 6.44. The average molecular weight is 262 g/mol. The molecule has 0 unspecified atom stereocenters. The number of amides is 1. The van der Waals surface area contributed by atoms with Crippen LogP contribution in [0.2, 0.25) is 0 Å². The number of carbonyl (C=O) groups is 1. The van der Waals surface area contributed by atoms with Crippen LogP contribution in [0.1, 0.15) is 12.0 Å². The van der Waals surface area contributed by atoms with Crippen LogP contribution in [-0.4, -0.2) is 49.0 Å². The summed E-state index contributed by atoms with van der Waals surface area (Å²) in [5.74, 6) is 0.0290. The van der Waals surface area contributed by atoms with E-state index in [1.807, 2.05) is 31.3 Å². The summed E-state index contributed by atoms with van der Waals surface area (Å²) in [4.78, 5) is 17.6. The van der Waals surface area contributed by atoms with Crippen LogP contribution in [0, 0.1) is 0 Å². The number of hydrogen-bond acceptors (Lipinski definition) is 4. The zero-order valence-electron chi connectivity index (χ0n) is 11.4. The number of rotatable bonds is 8. The molecule has 3 N–H and O–H groups in total. The Balaban J connectivity index is 2.16. The van der Waals surface area contributed by atoms with Crippen LogP contribution < -0.4 is 11.1 Å². The van der Waals surface area contributed by atoms with Gasteiger partial charge in [0, 0.05) is 45.0 Å². The van der Waals surface area contributed by atoms with Crippen molar-refractivity contribution in [1.29, 1.82) is 0 Å². The van der Waals surface area contributed by atoms with Gasteiger partial charge in [0.25, 0.3) is 0 Å². The van der Waals surface area contributed by atoms with E-state index in [1.165, 1.54) is 0 Å². The molecule has 0 aromatic carbocycles. The smallest absolute Gasteiger partial charge is 0.223 e. The Labute approximate surface area is 114 Å². The van der Waals surface area contributed by atoms with Gasteiger partial charge >= 0.3 is 0 Å². The normalized spacial score (nSPS) is 11.1. The minimum Gasteiger partial charge on any atom is -0.355 e. The monoisotopic (exact) mass is 262 g/mol. The lowest BCUT2D eigenvalue weighted by atomic mass is 10.2. The largest absolute Gasteiger partial charge is 0.355 e. The quantitative estimate of drug-likeness (QED) is 0.715. The van der Waals surface area contributed by atoms with Gasteiger partial charge in [-0.05, 0) is 18.7 Å². The first-order valence-corrected chi connectivity index (χ1v) is 6.44. The minimum absolute atomic E-state index is 0.0290. The fourth-order valence-electron chi connectivity index (χ4n) is 1.57. The molecule has 0 fully saturated rings. The van der Waals surface area contributed by atoms with Crippen LogP contribution in [-0.2, 0) is 4.79 Å². The predicted octanol–water partition coefficient (Wildman–Crippen LogP) is 0.492. The highest BCUT2D eigenvalue weighted by Gasteiger charge is 1.99. The molecule has 0 saturated carbocycles. The fourth-order valence-corrected chi connectivity index (χ4v) is 1.57. The van der Waals surface area contributed by atoms with Gasteiger partial charge < -0.3 is 16.0 Å². The molecule has 19 heavy (non-hydrogen) atoms. The van der Waals surface area contributed by atoms with E-state index in [4.69, 9.17) is 5.73 Å². The van der Waals surface area contributed by atoms with Crippen LogP contribution in [0.15, 0.2) is 30.6 Å². The van der Waals surface area contributed by atoms with Gasteiger partial charge in [0.1, 0.15) is 0 Å². The summed E-state index contributed by atoms with van der Waals surface area (Å²) >= 11 is 0. The Bertz CT molecular complexity index is 392. The second-order valence-corrected chi connectivity index (χ2v) is 4.33. The van der Waals surface area contributed by atoms with Crippen LogP contribution in [0.4, 0.5) is 0 Å². The highest BCUT2D eigenvalue weighted by molar-refractivity contribution is 5.78. The summed E-state index contributed by atoms with van der Waals surface area (Å²) in [7, 11) is 1.99. The minimum atomic E-state index is 0.0290. The number of aromatic nitrogens is 1. The SMILES string of the molecule is CN(CCN)CCNC(=O)C/C=C/c1cccnc1. The third-order valence-electron chi connectivity index (χ3n) is 2.62. The van der Waals surface area contributed by atoms with Crippen molar-refractivity contribution in [1.82, 2.24) is 15.2 Å². The molecule has 0 aliphatic rings. The molecule has 1 amide bonds. The van der Waals surface area contributed by atoms with Crippen molar-refractivity contribution < 1.29 is 4.79 Å². The lowest BCUT2D eigenvalue weighted by molar-refractivity contribution is -0.120. The van der Waals surface area contributed by atoms with E-state index in [0.29, 0.717) is 19.5 Å². The van der Waals surface area contributed by atoms with Gasteiger partial charge in [-0.2, -0.15) is 0 Å². The Hall–Kier alpha value is -1.72. The third-order valence-corrected chi connectivity index (χ3v) is 2.62. The van der Waals surface area contributed by atoms with Gasteiger partial charge in [0.2, 0.25) is 5.91 Å². The standard InChI is InChI=1S/C14H22N4O/c1-18(10-7-15)11-9-17-14(19)6-2-4-13-5-3-8-16-12-13/h2-5,8,12H,6-7,9-11,15H2,1H3,(H,17,19)/b4-2+. The first-order chi connectivity index (χ1) is 9.22. The average Bonchev–Trinajstić information content (AvgIpc) is 2.40. The molecule has 0 bridgehead atoms. The second-order valence-electron chi connectivity index (χ2n) is 4.33. The van der Waals surface area contributed by atoms with E-state index in [2.05, 4.69) is 15.2 Å². The summed E-state index contributed by atoms with van der Waals surface area (Å²) in [6.45, 7) is 2.94. The van der Waals surface area contributed by atoms with Gasteiger partial charge in [-0.25, -0.2) is 0 Å². The number of nitrogens with two attached hydrogens (primary N) is 1. The van der Waals surface area contributed by atoms with Gasteiger partial charge in [-0.15, -0.1) is 0 Å². The number of carbonyl (C=O) groups excluding carboxylic acids is 1. The summed E-state index contributed by atoms with van der Waals surface area (Å²) < 4.78 is 0. The molecule has 1 aromatic heterocycles. The molecule has 5 nitrogen and oxygen atoms in total. The lowest BCUT2D eigenvalue weighted by Gasteiger charge is -2.15. The summed E-state index contributed by atoms with van der Waals surface area (Å²) in [6.07, 6.45) is 7.61. The maximum atomic E-state index is 11.6. The zero-order chi connectivity index (χ0) is 13.9. The molecule has 0 aliphatic heterocycles. The Morgan fingerprint density at radius 3 is 3.05 bits per heavy atom. The Morgan fingerprint density at radius 1 is 1.53 bits per heavy atom. The third kappa shape index (κ3) is 7.33. The summed E-state index contributed by atoms with van der Waals surface area (Å²) in [6, 6.07) is 3.82. The number of pyridine rings is 1. The Kier molecular flexibility index (Phi) is 7.46. The molecular formula is C14H22N4O. The van der Waals surface area contributed by atoms with Crippen molar-refractivity contribution >= 4 is 12.0 Å². The molecular weight excluding hydrogens is 240 g/mol. The molecule has 104 valence electrons. The highest BCUT2D eigenvalue weighted by atomic mass is 16.1. The van der Waals surface area contributed by atoms with E-state index in [1.54, 1.807) is 12.4 Å². The zero-order valence-corrected chi connectivity index (χ0v) is 11.4. The Morgan fingerprint density at radius 2 is 2.37 bits per heavy atom. The van der Waals surface area contributed by atoms with Crippen LogP contribution >= 0.6 is 0 Å². The fraction of sp³-hybridized carbons (Fsp3) is 0.429. The van der Waals surface area contributed by atoms with E-state index in [0.717, 1.165) is 18.7 Å². The van der Waals surface area contributed by atoms with Gasteiger partial charge in [0.15, 0.2) is 0 Å². The van der Waals surface area contributed by atoms with E-state index < -0.39 is 0 Å². The van der Waals surface area contributed by atoms with Crippen molar-refractivity contribution in [2.75, 3.05) is 33.2 Å². The maximum Gasteiger partial charge on any atom is 0.223 e. The molecule has 0 atom stereocenters. The molecule has 5 heteroatoms. The molecule has 0 spiro atoms. The van der Waals surface area contributed by atoms with Gasteiger partial charge in [-0.1, -0.05) is 18.2 Å². The van der Waals surface area contributed by atoms with Crippen molar-refractivity contribution in [2.45, 2.75) is 6.42 Å². The van der Waals surface area contributed by atoms with Crippen molar-refractivity contribution in [3.63, 3.8) is 0 Å². The lowest BCUT2D eigenvalue weighted by Crippen LogP contribution is -2.34. The number of hydrogen-bond donors (Lipinski definition) is 2. The highest BCUT2D eigenvalue weighted by Crippen LogP contribution is 1.99. The first kappa shape index (κ1) is 15.3. The maximum absolute atomic E-state index is 11.6. The molecule has 0 radical (unpaired) electrons. The number of nitrogens with zero attached hydrogens (tertiary/aromatic N) is 2. The molecule has 1 rings (SSSR count). The molecule has 0 saturated heterocycles. The molecule has 1 aromatic rings. The number of nitrogens with one attached hydrogen (secondary N) is 1. The topological polar surface area (TPSA) is 71.2 Å². The van der Waals surface area contributed by atoms with Gasteiger partial charge in [0.05, 0.1) is 0 Å². The first-order valence-electron chi connectivity index (χ1n) is 6.44. The predicted molar refractivity (Wildman–Crippen MR) is 77.4 cm³/mol. The van der Waals surface area contributed by atoms with E-state index >= 15 is 0 Å². The van der Waals surface area contributed by atoms with Crippen molar-refractivity contribution in [3.05, 3.63) is 36.2 Å². The molecule has 1 heterocycles. The van der Waals surface area contributed by atoms with Crippen molar-refractivity contribution in [3.8, 4) is 0 Å². The second kappa shape index (κ2) is 9.24.